The van der Waals surface area contributed by atoms with Crippen molar-refractivity contribution in [1.29, 1.82) is 0 Å². The highest BCUT2D eigenvalue weighted by Crippen LogP contribution is 2.03. The molecule has 4 heteroatoms. The van der Waals surface area contributed by atoms with E-state index < -0.39 is 0 Å². The molecular formula is C13H30N4. The molecule has 0 unspecified atom stereocenters. The van der Waals surface area contributed by atoms with Crippen LogP contribution >= 0.6 is 0 Å². The molecular weight excluding hydrogens is 212 g/mol. The van der Waals surface area contributed by atoms with E-state index in [4.69, 9.17) is 0 Å². The second-order valence-electron chi connectivity index (χ2n) is 5.11. The molecule has 4 nitrogen and oxygen atoms in total. The van der Waals surface area contributed by atoms with Gasteiger partial charge in [-0.3, -0.25) is 4.99 Å². The summed E-state index contributed by atoms with van der Waals surface area (Å²) in [6.07, 6.45) is 4.30. The van der Waals surface area contributed by atoms with Crippen LogP contribution < -0.4 is 5.32 Å². The molecule has 0 rings (SSSR count). The quantitative estimate of drug-likeness (QED) is 0.354. The van der Waals surface area contributed by atoms with Crippen LogP contribution in [-0.2, 0) is 0 Å². The number of nitrogens with one attached hydrogen (secondary N) is 1. The van der Waals surface area contributed by atoms with E-state index in [2.05, 4.69) is 36.2 Å². The van der Waals surface area contributed by atoms with Crippen molar-refractivity contribution in [3.8, 4) is 0 Å². The Balaban J connectivity index is 3.91. The highest BCUT2D eigenvalue weighted by molar-refractivity contribution is 5.53. The first-order chi connectivity index (χ1) is 8.06. The molecule has 0 heterocycles. The van der Waals surface area contributed by atoms with Crippen molar-refractivity contribution in [1.82, 2.24) is 15.1 Å². The Morgan fingerprint density at radius 2 is 1.94 bits per heavy atom. The highest BCUT2D eigenvalue weighted by Gasteiger charge is 2.07. The van der Waals surface area contributed by atoms with Gasteiger partial charge in [0.15, 0.2) is 0 Å². The summed E-state index contributed by atoms with van der Waals surface area (Å²) in [6.45, 7) is 6.44. The zero-order valence-electron chi connectivity index (χ0n) is 12.2. The van der Waals surface area contributed by atoms with Crippen molar-refractivity contribution in [2.24, 2.45) is 10.9 Å². The third-order valence-electron chi connectivity index (χ3n) is 2.52. The fourth-order valence-electron chi connectivity index (χ4n) is 1.54. The maximum absolute atomic E-state index is 4.47. The molecule has 0 bridgehead atoms. The second kappa shape index (κ2) is 10.5. The van der Waals surface area contributed by atoms with Gasteiger partial charge in [-0.2, -0.15) is 0 Å². The molecule has 0 aliphatic carbocycles. The summed E-state index contributed by atoms with van der Waals surface area (Å²) in [7, 11) is 8.26. The lowest BCUT2D eigenvalue weighted by atomic mass is 10.1. The zero-order chi connectivity index (χ0) is 13.1. The molecule has 102 valence electrons. The minimum Gasteiger partial charge on any atom is -0.369 e. The van der Waals surface area contributed by atoms with Crippen molar-refractivity contribution in [2.75, 3.05) is 54.4 Å². The van der Waals surface area contributed by atoms with Crippen LogP contribution in [0.25, 0.3) is 0 Å². The van der Waals surface area contributed by atoms with Gasteiger partial charge in [-0.25, -0.2) is 0 Å². The molecule has 0 aromatic carbocycles. The molecule has 17 heavy (non-hydrogen) atoms. The molecule has 0 spiro atoms. The smallest absolute Gasteiger partial charge is 0.0844 e. The van der Waals surface area contributed by atoms with Crippen molar-refractivity contribution in [3.05, 3.63) is 0 Å². The van der Waals surface area contributed by atoms with Gasteiger partial charge in [-0.1, -0.05) is 6.92 Å². The maximum Gasteiger partial charge on any atom is 0.0844 e. The van der Waals surface area contributed by atoms with Crippen LogP contribution in [0, 0.1) is 5.92 Å². The molecule has 0 aliphatic rings. The van der Waals surface area contributed by atoms with Gasteiger partial charge in [-0.15, -0.1) is 0 Å². The van der Waals surface area contributed by atoms with E-state index in [1.807, 2.05) is 25.3 Å². The highest BCUT2D eigenvalue weighted by atomic mass is 15.1. The van der Waals surface area contributed by atoms with Crippen molar-refractivity contribution >= 4 is 6.34 Å². The Labute approximate surface area is 107 Å². The fraction of sp³-hybridized carbons (Fsp3) is 0.923. The van der Waals surface area contributed by atoms with Gasteiger partial charge < -0.3 is 15.1 Å². The minimum atomic E-state index is 0.639. The van der Waals surface area contributed by atoms with Gasteiger partial charge in [0.25, 0.3) is 0 Å². The van der Waals surface area contributed by atoms with Gasteiger partial charge in [0.2, 0.25) is 0 Å². The van der Waals surface area contributed by atoms with Crippen LogP contribution in [0.5, 0.6) is 0 Å². The normalized spacial score (nSPS) is 13.5. The predicted octanol–water partition coefficient (Wildman–Crippen LogP) is 1.14. The largest absolute Gasteiger partial charge is 0.369 e. The predicted molar refractivity (Wildman–Crippen MR) is 76.9 cm³/mol. The third-order valence-corrected chi connectivity index (χ3v) is 2.52. The molecule has 0 radical (unpaired) electrons. The summed E-state index contributed by atoms with van der Waals surface area (Å²) in [6, 6.07) is 0. The molecule has 0 aliphatic heterocycles. The third kappa shape index (κ3) is 11.6. The molecule has 0 aromatic rings. The standard InChI is InChI=1S/C13H30N4/c1-6-8-14-10-13(7-9-16(2)3)11-15-12-17(4)5/h12-14H,6-11H2,1-5H3/t13-/m0/s1. The second-order valence-corrected chi connectivity index (χ2v) is 5.11. The van der Waals surface area contributed by atoms with Crippen LogP contribution in [0.15, 0.2) is 4.99 Å². The summed E-state index contributed by atoms with van der Waals surface area (Å²) in [5.74, 6) is 0.639. The molecule has 0 fully saturated rings. The first-order valence-electron chi connectivity index (χ1n) is 6.58. The van der Waals surface area contributed by atoms with E-state index in [1.54, 1.807) is 0 Å². The van der Waals surface area contributed by atoms with Crippen LogP contribution in [0.2, 0.25) is 0 Å². The lowest BCUT2D eigenvalue weighted by molar-refractivity contribution is 0.345. The van der Waals surface area contributed by atoms with Gasteiger partial charge in [-0.05, 0) is 52.5 Å². The number of hydrogen-bond acceptors (Lipinski definition) is 3. The maximum atomic E-state index is 4.47. The summed E-state index contributed by atoms with van der Waals surface area (Å²) >= 11 is 0. The Morgan fingerprint density at radius 1 is 1.24 bits per heavy atom. The van der Waals surface area contributed by atoms with E-state index in [-0.39, 0.29) is 0 Å². The Hall–Kier alpha value is -0.610. The van der Waals surface area contributed by atoms with Gasteiger partial charge >= 0.3 is 0 Å². The van der Waals surface area contributed by atoms with Crippen LogP contribution in [0.1, 0.15) is 19.8 Å². The number of nitrogens with zero attached hydrogens (tertiary/aromatic N) is 3. The lowest BCUT2D eigenvalue weighted by Gasteiger charge is -2.18. The molecule has 0 amide bonds. The molecule has 0 saturated carbocycles. The van der Waals surface area contributed by atoms with Crippen molar-refractivity contribution in [3.63, 3.8) is 0 Å². The van der Waals surface area contributed by atoms with E-state index in [0.29, 0.717) is 5.92 Å². The van der Waals surface area contributed by atoms with Gasteiger partial charge in [0, 0.05) is 20.6 Å². The average molecular weight is 242 g/mol. The van der Waals surface area contributed by atoms with E-state index in [9.17, 15) is 0 Å². The number of aliphatic imine (C=N–C) groups is 1. The summed E-state index contributed by atoms with van der Waals surface area (Å²) < 4.78 is 0. The molecule has 0 saturated heterocycles. The van der Waals surface area contributed by atoms with E-state index >= 15 is 0 Å². The van der Waals surface area contributed by atoms with Crippen molar-refractivity contribution < 1.29 is 0 Å². The Morgan fingerprint density at radius 3 is 2.47 bits per heavy atom. The number of hydrogen-bond donors (Lipinski definition) is 1. The molecule has 1 N–H and O–H groups in total. The van der Waals surface area contributed by atoms with Crippen LogP contribution in [-0.4, -0.2) is 70.5 Å². The molecule has 0 aromatic heterocycles. The van der Waals surface area contributed by atoms with E-state index in [0.717, 1.165) is 26.2 Å². The van der Waals surface area contributed by atoms with E-state index in [1.165, 1.54) is 12.8 Å². The van der Waals surface area contributed by atoms with Gasteiger partial charge in [0.1, 0.15) is 0 Å². The SMILES string of the molecule is CCCNC[C@H](CCN(C)C)CN=CN(C)C. The lowest BCUT2D eigenvalue weighted by Crippen LogP contribution is -2.28. The summed E-state index contributed by atoms with van der Waals surface area (Å²) in [4.78, 5) is 8.70. The fourth-order valence-corrected chi connectivity index (χ4v) is 1.54. The Kier molecular flexibility index (Phi) is 10.2. The first kappa shape index (κ1) is 16.4. The van der Waals surface area contributed by atoms with Crippen molar-refractivity contribution in [2.45, 2.75) is 19.8 Å². The average Bonchev–Trinajstić information content (AvgIpc) is 2.24. The minimum absolute atomic E-state index is 0.639. The Bertz CT molecular complexity index is 190. The molecule has 1 atom stereocenters. The van der Waals surface area contributed by atoms with Gasteiger partial charge in [0.05, 0.1) is 6.34 Å². The zero-order valence-corrected chi connectivity index (χ0v) is 12.2. The topological polar surface area (TPSA) is 30.9 Å². The van der Waals surface area contributed by atoms with Crippen LogP contribution in [0.3, 0.4) is 0 Å². The first-order valence-corrected chi connectivity index (χ1v) is 6.58. The summed E-state index contributed by atoms with van der Waals surface area (Å²) in [5.41, 5.74) is 0. The number of rotatable bonds is 10. The van der Waals surface area contributed by atoms with Crippen LogP contribution in [0.4, 0.5) is 0 Å². The summed E-state index contributed by atoms with van der Waals surface area (Å²) in [5, 5.41) is 3.49. The monoisotopic (exact) mass is 242 g/mol.